The highest BCUT2D eigenvalue weighted by molar-refractivity contribution is 6.10. The van der Waals surface area contributed by atoms with Crippen molar-refractivity contribution in [3.05, 3.63) is 89.0 Å². The normalized spacial score (nSPS) is 11.0. The van der Waals surface area contributed by atoms with Gasteiger partial charge in [0.1, 0.15) is 11.5 Å². The van der Waals surface area contributed by atoms with Crippen LogP contribution in [0.1, 0.15) is 52.6 Å². The fraction of sp³-hybridized carbons (Fsp3) is 0.231. The van der Waals surface area contributed by atoms with Crippen molar-refractivity contribution in [1.82, 2.24) is 0 Å². The Morgan fingerprint density at radius 3 is 1.90 bits per heavy atom. The summed E-state index contributed by atoms with van der Waals surface area (Å²) in [5.74, 6) is 0.621. The van der Waals surface area contributed by atoms with Crippen LogP contribution in [0.5, 0.6) is 11.5 Å². The molecular weight excluding hydrogens is 390 g/mol. The summed E-state index contributed by atoms with van der Waals surface area (Å²) in [7, 11) is 3.05. The molecule has 3 aromatic rings. The number of carbonyl (C=O) groups is 2. The molecule has 0 saturated carbocycles. The van der Waals surface area contributed by atoms with Gasteiger partial charge in [0.2, 0.25) is 0 Å². The van der Waals surface area contributed by atoms with Crippen LogP contribution in [0, 0.1) is 0 Å². The Balaban J connectivity index is 1.80. The Bertz CT molecular complexity index is 1070. The number of hydrogen-bond donors (Lipinski definition) is 1. The van der Waals surface area contributed by atoms with Gasteiger partial charge in [-0.25, -0.2) is 0 Å². The maximum Gasteiger partial charge on any atom is 0.255 e. The van der Waals surface area contributed by atoms with Gasteiger partial charge < -0.3 is 14.8 Å². The molecule has 1 N–H and O–H groups in total. The molecule has 0 atom stereocenters. The van der Waals surface area contributed by atoms with Crippen LogP contribution in [0.3, 0.4) is 0 Å². The van der Waals surface area contributed by atoms with Gasteiger partial charge in [0.15, 0.2) is 5.78 Å². The number of hydrogen-bond acceptors (Lipinski definition) is 4. The van der Waals surface area contributed by atoms with Gasteiger partial charge in [-0.3, -0.25) is 9.59 Å². The average Bonchev–Trinajstić information content (AvgIpc) is 2.77. The summed E-state index contributed by atoms with van der Waals surface area (Å²) < 4.78 is 10.4. The number of anilines is 1. The standard InChI is InChI=1S/C26H27NO4/c1-26(2,3)20-11-9-17(10-12-20)24(28)18-7-6-8-21(13-18)27-25(29)19-14-22(30-4)16-23(15-19)31-5/h6-16H,1-5H3,(H,27,29). The third-order valence-corrected chi connectivity index (χ3v) is 5.01. The first-order valence-corrected chi connectivity index (χ1v) is 10.0. The van der Waals surface area contributed by atoms with Crippen LogP contribution >= 0.6 is 0 Å². The number of amides is 1. The van der Waals surface area contributed by atoms with Crippen LogP contribution in [0.25, 0.3) is 0 Å². The van der Waals surface area contributed by atoms with E-state index >= 15 is 0 Å². The van der Waals surface area contributed by atoms with E-state index < -0.39 is 0 Å². The van der Waals surface area contributed by atoms with Crippen molar-refractivity contribution in [3.63, 3.8) is 0 Å². The van der Waals surface area contributed by atoms with Crippen LogP contribution in [0.2, 0.25) is 0 Å². The van der Waals surface area contributed by atoms with Crippen LogP contribution in [-0.2, 0) is 5.41 Å². The largest absolute Gasteiger partial charge is 0.497 e. The smallest absolute Gasteiger partial charge is 0.255 e. The van der Waals surface area contributed by atoms with Crippen molar-refractivity contribution in [1.29, 1.82) is 0 Å². The first kappa shape index (κ1) is 22.1. The molecule has 0 saturated heterocycles. The van der Waals surface area contributed by atoms with E-state index in [4.69, 9.17) is 9.47 Å². The third kappa shape index (κ3) is 5.31. The van der Waals surface area contributed by atoms with Crippen molar-refractivity contribution >= 4 is 17.4 Å². The molecule has 0 fully saturated rings. The Morgan fingerprint density at radius 2 is 1.35 bits per heavy atom. The predicted octanol–water partition coefficient (Wildman–Crippen LogP) is 5.48. The zero-order chi connectivity index (χ0) is 22.6. The second-order valence-electron chi connectivity index (χ2n) is 8.29. The summed E-state index contributed by atoms with van der Waals surface area (Å²) >= 11 is 0. The minimum Gasteiger partial charge on any atom is -0.497 e. The van der Waals surface area contributed by atoms with Crippen LogP contribution < -0.4 is 14.8 Å². The van der Waals surface area contributed by atoms with E-state index in [1.165, 1.54) is 19.8 Å². The molecule has 0 aliphatic carbocycles. The Morgan fingerprint density at radius 1 is 0.742 bits per heavy atom. The van der Waals surface area contributed by atoms with Gasteiger partial charge in [0.25, 0.3) is 5.91 Å². The summed E-state index contributed by atoms with van der Waals surface area (Å²) in [6.07, 6.45) is 0. The van der Waals surface area contributed by atoms with Gasteiger partial charge in [0.05, 0.1) is 14.2 Å². The molecule has 0 aliphatic rings. The fourth-order valence-electron chi connectivity index (χ4n) is 3.17. The monoisotopic (exact) mass is 417 g/mol. The topological polar surface area (TPSA) is 64.6 Å². The lowest BCUT2D eigenvalue weighted by Crippen LogP contribution is -2.13. The van der Waals surface area contributed by atoms with E-state index in [1.54, 1.807) is 42.5 Å². The average molecular weight is 418 g/mol. The second-order valence-corrected chi connectivity index (χ2v) is 8.29. The van der Waals surface area contributed by atoms with Gasteiger partial charge in [-0.1, -0.05) is 57.2 Å². The van der Waals surface area contributed by atoms with Gasteiger partial charge in [-0.05, 0) is 35.2 Å². The molecule has 0 heterocycles. The van der Waals surface area contributed by atoms with Gasteiger partial charge >= 0.3 is 0 Å². The van der Waals surface area contributed by atoms with E-state index in [-0.39, 0.29) is 17.1 Å². The first-order valence-electron chi connectivity index (χ1n) is 10.0. The lowest BCUT2D eigenvalue weighted by Gasteiger charge is -2.19. The van der Waals surface area contributed by atoms with Gasteiger partial charge in [-0.15, -0.1) is 0 Å². The van der Waals surface area contributed by atoms with Crippen LogP contribution in [0.15, 0.2) is 66.7 Å². The highest BCUT2D eigenvalue weighted by Crippen LogP contribution is 2.25. The molecule has 0 spiro atoms. The molecule has 5 nitrogen and oxygen atoms in total. The molecule has 0 aliphatic heterocycles. The van der Waals surface area contributed by atoms with Crippen molar-refractivity contribution in [2.45, 2.75) is 26.2 Å². The van der Waals surface area contributed by atoms with Gasteiger partial charge in [0, 0.05) is 28.4 Å². The number of benzene rings is 3. The zero-order valence-electron chi connectivity index (χ0n) is 18.5. The minimum atomic E-state index is -0.323. The molecule has 160 valence electrons. The number of carbonyl (C=O) groups excluding carboxylic acids is 2. The second kappa shape index (κ2) is 9.04. The number of ether oxygens (including phenoxy) is 2. The van der Waals surface area contributed by atoms with Crippen molar-refractivity contribution < 1.29 is 19.1 Å². The highest BCUT2D eigenvalue weighted by atomic mass is 16.5. The Hall–Kier alpha value is -3.60. The molecule has 0 unspecified atom stereocenters. The van der Waals surface area contributed by atoms with Crippen LogP contribution in [-0.4, -0.2) is 25.9 Å². The first-order chi connectivity index (χ1) is 14.7. The summed E-state index contributed by atoms with van der Waals surface area (Å²) in [5, 5.41) is 2.83. The zero-order valence-corrected chi connectivity index (χ0v) is 18.5. The molecule has 31 heavy (non-hydrogen) atoms. The molecule has 3 aromatic carbocycles. The molecule has 1 amide bonds. The molecule has 0 aromatic heterocycles. The molecule has 0 bridgehead atoms. The highest BCUT2D eigenvalue weighted by Gasteiger charge is 2.16. The number of ketones is 1. The molecule has 3 rings (SSSR count). The maximum absolute atomic E-state index is 12.9. The van der Waals surface area contributed by atoms with E-state index in [1.807, 2.05) is 24.3 Å². The number of nitrogens with one attached hydrogen (secondary N) is 1. The summed E-state index contributed by atoms with van der Waals surface area (Å²) in [6, 6.07) is 19.5. The molecular formula is C26H27NO4. The Kier molecular flexibility index (Phi) is 6.44. The fourth-order valence-corrected chi connectivity index (χ4v) is 3.17. The van der Waals surface area contributed by atoms with Crippen LogP contribution in [0.4, 0.5) is 5.69 Å². The van der Waals surface area contributed by atoms with E-state index in [0.29, 0.717) is 33.9 Å². The van der Waals surface area contributed by atoms with Crippen molar-refractivity contribution in [3.8, 4) is 11.5 Å². The lowest BCUT2D eigenvalue weighted by molar-refractivity contribution is 0.102. The summed E-state index contributed by atoms with van der Waals surface area (Å²) in [4.78, 5) is 25.7. The lowest BCUT2D eigenvalue weighted by atomic mass is 9.86. The maximum atomic E-state index is 12.9. The number of methoxy groups -OCH3 is 2. The quantitative estimate of drug-likeness (QED) is 0.539. The third-order valence-electron chi connectivity index (χ3n) is 5.01. The summed E-state index contributed by atoms with van der Waals surface area (Å²) in [5.41, 5.74) is 3.22. The van der Waals surface area contributed by atoms with Gasteiger partial charge in [-0.2, -0.15) is 0 Å². The molecule has 5 heteroatoms. The SMILES string of the molecule is COc1cc(OC)cc(C(=O)Nc2cccc(C(=O)c3ccc(C(C)(C)C)cc3)c2)c1. The minimum absolute atomic E-state index is 0.0224. The number of rotatable bonds is 6. The summed E-state index contributed by atoms with van der Waals surface area (Å²) in [6.45, 7) is 6.40. The molecule has 0 radical (unpaired) electrons. The van der Waals surface area contributed by atoms with Crippen molar-refractivity contribution in [2.24, 2.45) is 0 Å². The predicted molar refractivity (Wildman–Crippen MR) is 123 cm³/mol. The Labute approximate surface area is 183 Å². The van der Waals surface area contributed by atoms with E-state index in [2.05, 4.69) is 26.1 Å². The van der Waals surface area contributed by atoms with E-state index in [9.17, 15) is 9.59 Å². The van der Waals surface area contributed by atoms with Crippen molar-refractivity contribution in [2.75, 3.05) is 19.5 Å². The van der Waals surface area contributed by atoms with E-state index in [0.717, 1.165) is 0 Å².